The number of aliphatic hydroxyl groups excluding tert-OH is 1. The molecule has 2 N–H and O–H groups in total. The molecule has 0 fully saturated rings. The van der Waals surface area contributed by atoms with E-state index in [2.05, 4.69) is 10.1 Å². The number of aliphatic hydroxyl groups is 1. The molecule has 0 rings (SSSR count). The van der Waals surface area contributed by atoms with Crippen LogP contribution in [0, 0.1) is 17.2 Å². The maximum Gasteiger partial charge on any atom is 0.328 e. The van der Waals surface area contributed by atoms with Gasteiger partial charge in [-0.15, -0.1) is 0 Å². The molecule has 0 aromatic rings. The van der Waals surface area contributed by atoms with Crippen molar-refractivity contribution in [1.82, 2.24) is 5.32 Å². The van der Waals surface area contributed by atoms with E-state index in [4.69, 9.17) is 10.4 Å². The molecule has 0 saturated heterocycles. The van der Waals surface area contributed by atoms with E-state index in [0.29, 0.717) is 0 Å². The molecule has 0 heterocycles. The van der Waals surface area contributed by atoms with Crippen LogP contribution in [0.2, 0.25) is 0 Å². The Hall–Kier alpha value is -1.61. The lowest BCUT2D eigenvalue weighted by Crippen LogP contribution is -2.46. The zero-order valence-corrected chi connectivity index (χ0v) is 8.69. The molecule has 0 aliphatic heterocycles. The number of nitriles is 1. The summed E-state index contributed by atoms with van der Waals surface area (Å²) >= 11 is 0. The molecule has 15 heavy (non-hydrogen) atoms. The fourth-order valence-electron chi connectivity index (χ4n) is 1.04. The first-order valence-electron chi connectivity index (χ1n) is 4.41. The van der Waals surface area contributed by atoms with Gasteiger partial charge in [-0.2, -0.15) is 5.26 Å². The van der Waals surface area contributed by atoms with E-state index in [9.17, 15) is 9.59 Å². The topological polar surface area (TPSA) is 99.4 Å². The van der Waals surface area contributed by atoms with Gasteiger partial charge in [0.05, 0.1) is 13.2 Å². The van der Waals surface area contributed by atoms with E-state index in [1.54, 1.807) is 6.92 Å². The maximum absolute atomic E-state index is 11.3. The van der Waals surface area contributed by atoms with Gasteiger partial charge in [0.15, 0.2) is 0 Å². The van der Waals surface area contributed by atoms with Gasteiger partial charge >= 0.3 is 5.97 Å². The molecule has 0 aliphatic rings. The number of carbonyl (C=O) groups excluding carboxylic acids is 2. The molecule has 2 atom stereocenters. The molecule has 6 heteroatoms. The summed E-state index contributed by atoms with van der Waals surface area (Å²) < 4.78 is 4.48. The van der Waals surface area contributed by atoms with Gasteiger partial charge in [-0.05, 0) is 0 Å². The number of methoxy groups -OCH3 is 1. The van der Waals surface area contributed by atoms with Crippen molar-refractivity contribution in [2.75, 3.05) is 13.7 Å². The van der Waals surface area contributed by atoms with Gasteiger partial charge in [-0.25, -0.2) is 4.79 Å². The number of carbonyl (C=O) groups is 2. The Morgan fingerprint density at radius 1 is 1.60 bits per heavy atom. The molecule has 6 nitrogen and oxygen atoms in total. The lowest BCUT2D eigenvalue weighted by Gasteiger charge is -2.20. The van der Waals surface area contributed by atoms with E-state index in [1.807, 2.05) is 6.07 Å². The molecule has 0 spiro atoms. The zero-order chi connectivity index (χ0) is 11.8. The van der Waals surface area contributed by atoms with E-state index in [0.717, 1.165) is 0 Å². The smallest absolute Gasteiger partial charge is 0.328 e. The lowest BCUT2D eigenvalue weighted by molar-refractivity contribution is -0.146. The van der Waals surface area contributed by atoms with Crippen LogP contribution in [0.4, 0.5) is 0 Å². The highest BCUT2D eigenvalue weighted by Gasteiger charge is 2.27. The SMILES string of the molecule is COC(=O)[C@H](NC(=O)CO)[C@@H](C)CC#N. The normalized spacial score (nSPS) is 13.5. The van der Waals surface area contributed by atoms with Crippen molar-refractivity contribution in [3.63, 3.8) is 0 Å². The fourth-order valence-corrected chi connectivity index (χ4v) is 1.04. The van der Waals surface area contributed by atoms with Gasteiger partial charge in [0.1, 0.15) is 12.6 Å². The number of hydrogen-bond acceptors (Lipinski definition) is 5. The van der Waals surface area contributed by atoms with Crippen molar-refractivity contribution in [3.8, 4) is 6.07 Å². The van der Waals surface area contributed by atoms with Crippen LogP contribution in [0.1, 0.15) is 13.3 Å². The molecular formula is C9H14N2O4. The van der Waals surface area contributed by atoms with Gasteiger partial charge in [0, 0.05) is 12.3 Å². The molecule has 0 radical (unpaired) electrons. The molecule has 1 amide bonds. The molecular weight excluding hydrogens is 200 g/mol. The number of amides is 1. The van der Waals surface area contributed by atoms with Crippen LogP contribution >= 0.6 is 0 Å². The minimum Gasteiger partial charge on any atom is -0.467 e. The number of nitrogens with zero attached hydrogens (tertiary/aromatic N) is 1. The average Bonchev–Trinajstić information content (AvgIpc) is 2.24. The summed E-state index contributed by atoms with van der Waals surface area (Å²) in [7, 11) is 1.19. The molecule has 0 aromatic heterocycles. The Kier molecular flexibility index (Phi) is 6.06. The second-order valence-corrected chi connectivity index (χ2v) is 3.07. The first kappa shape index (κ1) is 13.4. The fraction of sp³-hybridized carbons (Fsp3) is 0.667. The van der Waals surface area contributed by atoms with Gasteiger partial charge in [-0.3, -0.25) is 4.79 Å². The highest BCUT2D eigenvalue weighted by molar-refractivity contribution is 5.85. The van der Waals surface area contributed by atoms with Crippen molar-refractivity contribution in [2.24, 2.45) is 5.92 Å². The molecule has 0 unspecified atom stereocenters. The summed E-state index contributed by atoms with van der Waals surface area (Å²) in [5.74, 6) is -1.66. The Bertz CT molecular complexity index is 272. The van der Waals surface area contributed by atoms with E-state index in [1.165, 1.54) is 7.11 Å². The van der Waals surface area contributed by atoms with Crippen LogP contribution < -0.4 is 5.32 Å². The van der Waals surface area contributed by atoms with Crippen LogP contribution in [0.25, 0.3) is 0 Å². The minimum absolute atomic E-state index is 0.117. The van der Waals surface area contributed by atoms with Crippen LogP contribution in [0.3, 0.4) is 0 Å². The van der Waals surface area contributed by atoms with E-state index < -0.39 is 24.5 Å². The average molecular weight is 214 g/mol. The second-order valence-electron chi connectivity index (χ2n) is 3.07. The first-order valence-corrected chi connectivity index (χ1v) is 4.41. The predicted octanol–water partition coefficient (Wildman–Crippen LogP) is -0.814. The summed E-state index contributed by atoms with van der Waals surface area (Å²) in [4.78, 5) is 22.2. The third-order valence-corrected chi connectivity index (χ3v) is 1.90. The van der Waals surface area contributed by atoms with Gasteiger partial charge < -0.3 is 15.2 Å². The van der Waals surface area contributed by atoms with Crippen molar-refractivity contribution >= 4 is 11.9 Å². The van der Waals surface area contributed by atoms with Crippen LogP contribution in [0.5, 0.6) is 0 Å². The van der Waals surface area contributed by atoms with Gasteiger partial charge in [-0.1, -0.05) is 6.92 Å². The summed E-state index contributed by atoms with van der Waals surface area (Å²) in [6.07, 6.45) is 0.117. The second kappa shape index (κ2) is 6.79. The number of hydrogen-bond donors (Lipinski definition) is 2. The molecule has 0 aliphatic carbocycles. The van der Waals surface area contributed by atoms with Gasteiger partial charge in [0.25, 0.3) is 0 Å². The third-order valence-electron chi connectivity index (χ3n) is 1.90. The van der Waals surface area contributed by atoms with Crippen LogP contribution in [-0.4, -0.2) is 36.7 Å². The summed E-state index contributed by atoms with van der Waals surface area (Å²) in [5, 5.41) is 19.3. The van der Waals surface area contributed by atoms with Crippen molar-refractivity contribution in [1.29, 1.82) is 5.26 Å². The highest BCUT2D eigenvalue weighted by Crippen LogP contribution is 2.08. The van der Waals surface area contributed by atoms with Crippen molar-refractivity contribution < 1.29 is 19.4 Å². The van der Waals surface area contributed by atoms with Crippen molar-refractivity contribution in [2.45, 2.75) is 19.4 Å². The van der Waals surface area contributed by atoms with Gasteiger partial charge in [0.2, 0.25) is 5.91 Å². The molecule has 0 bridgehead atoms. The summed E-state index contributed by atoms with van der Waals surface area (Å²) in [6, 6.07) is 1.00. The number of esters is 1. The minimum atomic E-state index is -0.894. The Morgan fingerprint density at radius 3 is 2.60 bits per heavy atom. The third kappa shape index (κ3) is 4.42. The maximum atomic E-state index is 11.3. The number of ether oxygens (including phenoxy) is 1. The largest absolute Gasteiger partial charge is 0.467 e. The highest BCUT2D eigenvalue weighted by atomic mass is 16.5. The molecule has 0 saturated carbocycles. The zero-order valence-electron chi connectivity index (χ0n) is 8.69. The number of rotatable bonds is 5. The molecule has 84 valence electrons. The quantitative estimate of drug-likeness (QED) is 0.583. The predicted molar refractivity (Wildman–Crippen MR) is 50.4 cm³/mol. The Morgan fingerprint density at radius 2 is 2.20 bits per heavy atom. The van der Waals surface area contributed by atoms with Crippen LogP contribution in [-0.2, 0) is 14.3 Å². The van der Waals surface area contributed by atoms with E-state index in [-0.39, 0.29) is 12.3 Å². The Labute approximate surface area is 87.8 Å². The standard InChI is InChI=1S/C9H14N2O4/c1-6(3-4-10)8(9(14)15-2)11-7(13)5-12/h6,8,12H,3,5H2,1-2H3,(H,11,13)/t6-,8+/m0/s1. The van der Waals surface area contributed by atoms with Crippen molar-refractivity contribution in [3.05, 3.63) is 0 Å². The van der Waals surface area contributed by atoms with Crippen LogP contribution in [0.15, 0.2) is 0 Å². The Balaban J connectivity index is 4.51. The molecule has 0 aromatic carbocycles. The van der Waals surface area contributed by atoms with E-state index >= 15 is 0 Å². The first-order chi connectivity index (χ1) is 7.06. The number of nitrogens with one attached hydrogen (secondary N) is 1. The monoisotopic (exact) mass is 214 g/mol. The summed E-state index contributed by atoms with van der Waals surface area (Å²) in [5.41, 5.74) is 0. The summed E-state index contributed by atoms with van der Waals surface area (Å²) in [6.45, 7) is 0.940. The lowest BCUT2D eigenvalue weighted by atomic mass is 9.99.